The Bertz CT molecular complexity index is 231. The van der Waals surface area contributed by atoms with Crippen molar-refractivity contribution in [2.24, 2.45) is 5.73 Å². The van der Waals surface area contributed by atoms with Crippen molar-refractivity contribution in [3.8, 4) is 0 Å². The van der Waals surface area contributed by atoms with Crippen LogP contribution in [0.3, 0.4) is 0 Å². The number of rotatable bonds is 2. The molecule has 0 amide bonds. The van der Waals surface area contributed by atoms with E-state index in [-0.39, 0.29) is 11.6 Å². The molecule has 82 valence electrons. The lowest BCUT2D eigenvalue weighted by atomic mass is 9.80. The number of ether oxygens (including phenoxy) is 2. The highest BCUT2D eigenvalue weighted by atomic mass is 16.5. The molecule has 1 saturated heterocycles. The minimum absolute atomic E-state index is 0.290. The molecule has 1 rings (SSSR count). The number of carbonyl (C=O) groups is 1. The van der Waals surface area contributed by atoms with Crippen molar-refractivity contribution in [1.82, 2.24) is 0 Å². The molecule has 2 N–H and O–H groups in total. The van der Waals surface area contributed by atoms with Gasteiger partial charge in [0.2, 0.25) is 0 Å². The van der Waals surface area contributed by atoms with Crippen molar-refractivity contribution < 1.29 is 14.3 Å². The molecule has 0 aromatic rings. The van der Waals surface area contributed by atoms with Gasteiger partial charge in [-0.2, -0.15) is 0 Å². The highest BCUT2D eigenvalue weighted by Gasteiger charge is 2.45. The highest BCUT2D eigenvalue weighted by Crippen LogP contribution is 2.33. The normalized spacial score (nSPS) is 38.0. The molecular formula is C10H19NO3. The van der Waals surface area contributed by atoms with Crippen LogP contribution < -0.4 is 5.73 Å². The highest BCUT2D eigenvalue weighted by molar-refractivity contribution is 5.80. The van der Waals surface area contributed by atoms with E-state index in [1.54, 1.807) is 0 Å². The molecule has 1 fully saturated rings. The van der Waals surface area contributed by atoms with Crippen LogP contribution in [0, 0.1) is 0 Å². The lowest BCUT2D eigenvalue weighted by Crippen LogP contribution is -2.58. The Balaban J connectivity index is 2.76. The lowest BCUT2D eigenvalue weighted by Gasteiger charge is -2.42. The molecular weight excluding hydrogens is 182 g/mol. The minimum atomic E-state index is -0.863. The summed E-state index contributed by atoms with van der Waals surface area (Å²) >= 11 is 0. The van der Waals surface area contributed by atoms with Gasteiger partial charge in [0, 0.05) is 13.0 Å². The summed E-state index contributed by atoms with van der Waals surface area (Å²) in [7, 11) is 1.37. The van der Waals surface area contributed by atoms with E-state index in [0.717, 1.165) is 6.42 Å². The van der Waals surface area contributed by atoms with Gasteiger partial charge in [-0.3, -0.25) is 4.79 Å². The van der Waals surface area contributed by atoms with Crippen molar-refractivity contribution in [3.63, 3.8) is 0 Å². The molecule has 1 aliphatic rings. The summed E-state index contributed by atoms with van der Waals surface area (Å²) in [6.45, 7) is 4.54. The number of hydrogen-bond donors (Lipinski definition) is 1. The van der Waals surface area contributed by atoms with Crippen LogP contribution in [0.25, 0.3) is 0 Å². The van der Waals surface area contributed by atoms with E-state index >= 15 is 0 Å². The van der Waals surface area contributed by atoms with Gasteiger partial charge in [-0.1, -0.05) is 6.92 Å². The SMILES string of the molecule is CCC1(C)CC(N)(C(=O)OC)CCO1. The zero-order chi connectivity index (χ0) is 10.8. The van der Waals surface area contributed by atoms with Crippen molar-refractivity contribution in [2.45, 2.75) is 44.2 Å². The molecule has 2 unspecified atom stereocenters. The standard InChI is InChI=1S/C10H19NO3/c1-4-9(2)7-10(11,5-6-14-9)8(12)13-3/h4-7,11H2,1-3H3. The Hall–Kier alpha value is -0.610. The maximum Gasteiger partial charge on any atom is 0.326 e. The summed E-state index contributed by atoms with van der Waals surface area (Å²) in [4.78, 5) is 11.5. The smallest absolute Gasteiger partial charge is 0.326 e. The molecule has 1 aliphatic heterocycles. The lowest BCUT2D eigenvalue weighted by molar-refractivity contribution is -0.160. The van der Waals surface area contributed by atoms with Crippen LogP contribution in [0.2, 0.25) is 0 Å². The van der Waals surface area contributed by atoms with Gasteiger partial charge >= 0.3 is 5.97 Å². The third kappa shape index (κ3) is 2.07. The second-order valence-electron chi connectivity index (χ2n) is 4.23. The van der Waals surface area contributed by atoms with Gasteiger partial charge in [-0.05, 0) is 19.8 Å². The van der Waals surface area contributed by atoms with Crippen molar-refractivity contribution >= 4 is 5.97 Å². The Morgan fingerprint density at radius 1 is 1.64 bits per heavy atom. The maximum atomic E-state index is 11.5. The van der Waals surface area contributed by atoms with Crippen LogP contribution >= 0.6 is 0 Å². The van der Waals surface area contributed by atoms with Gasteiger partial charge in [-0.25, -0.2) is 0 Å². The summed E-state index contributed by atoms with van der Waals surface area (Å²) < 4.78 is 10.3. The van der Waals surface area contributed by atoms with Crippen LogP contribution in [0.4, 0.5) is 0 Å². The largest absolute Gasteiger partial charge is 0.468 e. The third-order valence-electron chi connectivity index (χ3n) is 3.03. The quantitative estimate of drug-likeness (QED) is 0.672. The van der Waals surface area contributed by atoms with Gasteiger partial charge < -0.3 is 15.2 Å². The summed E-state index contributed by atoms with van der Waals surface area (Å²) in [6.07, 6.45) is 1.92. The van der Waals surface area contributed by atoms with E-state index in [2.05, 4.69) is 0 Å². The monoisotopic (exact) mass is 201 g/mol. The number of carbonyl (C=O) groups excluding carboxylic acids is 1. The molecule has 4 heteroatoms. The fraction of sp³-hybridized carbons (Fsp3) is 0.900. The number of esters is 1. The van der Waals surface area contributed by atoms with E-state index in [0.29, 0.717) is 19.4 Å². The van der Waals surface area contributed by atoms with E-state index in [1.165, 1.54) is 7.11 Å². The predicted molar refractivity (Wildman–Crippen MR) is 52.8 cm³/mol. The third-order valence-corrected chi connectivity index (χ3v) is 3.03. The summed E-state index contributed by atoms with van der Waals surface area (Å²) in [5, 5.41) is 0. The first-order valence-corrected chi connectivity index (χ1v) is 4.97. The maximum absolute atomic E-state index is 11.5. The van der Waals surface area contributed by atoms with Gasteiger partial charge in [0.25, 0.3) is 0 Å². The van der Waals surface area contributed by atoms with Crippen molar-refractivity contribution in [3.05, 3.63) is 0 Å². The summed E-state index contributed by atoms with van der Waals surface area (Å²) in [6, 6.07) is 0. The number of methoxy groups -OCH3 is 1. The van der Waals surface area contributed by atoms with Gasteiger partial charge in [0.05, 0.1) is 12.7 Å². The molecule has 14 heavy (non-hydrogen) atoms. The van der Waals surface area contributed by atoms with Gasteiger partial charge in [0.1, 0.15) is 5.54 Å². The summed E-state index contributed by atoms with van der Waals surface area (Å²) in [5.74, 6) is -0.333. The van der Waals surface area contributed by atoms with Crippen LogP contribution in [0.15, 0.2) is 0 Å². The fourth-order valence-electron chi connectivity index (χ4n) is 1.89. The Morgan fingerprint density at radius 3 is 2.79 bits per heavy atom. The van der Waals surface area contributed by atoms with Crippen molar-refractivity contribution in [2.75, 3.05) is 13.7 Å². The average molecular weight is 201 g/mol. The first-order valence-electron chi connectivity index (χ1n) is 4.97. The Morgan fingerprint density at radius 2 is 2.29 bits per heavy atom. The second kappa shape index (κ2) is 3.87. The topological polar surface area (TPSA) is 61.6 Å². The Labute approximate surface area is 84.7 Å². The molecule has 1 heterocycles. The van der Waals surface area contributed by atoms with Crippen LogP contribution in [0.1, 0.15) is 33.1 Å². The molecule has 4 nitrogen and oxygen atoms in total. The van der Waals surface area contributed by atoms with Gasteiger partial charge in [-0.15, -0.1) is 0 Å². The molecule has 0 aromatic heterocycles. The number of hydrogen-bond acceptors (Lipinski definition) is 4. The van der Waals surface area contributed by atoms with Gasteiger partial charge in [0.15, 0.2) is 0 Å². The van der Waals surface area contributed by atoms with Crippen molar-refractivity contribution in [1.29, 1.82) is 0 Å². The molecule has 0 saturated carbocycles. The summed E-state index contributed by atoms with van der Waals surface area (Å²) in [5.41, 5.74) is 4.86. The zero-order valence-electron chi connectivity index (χ0n) is 9.13. The second-order valence-corrected chi connectivity index (χ2v) is 4.23. The van der Waals surface area contributed by atoms with E-state index in [9.17, 15) is 4.79 Å². The number of nitrogens with two attached hydrogens (primary N) is 1. The molecule has 2 atom stereocenters. The molecule has 0 radical (unpaired) electrons. The first-order chi connectivity index (χ1) is 6.46. The van der Waals surface area contributed by atoms with Crippen LogP contribution in [-0.4, -0.2) is 30.8 Å². The molecule has 0 aromatic carbocycles. The molecule has 0 aliphatic carbocycles. The Kier molecular flexibility index (Phi) is 3.17. The average Bonchev–Trinajstić information content (AvgIpc) is 2.16. The van der Waals surface area contributed by atoms with E-state index in [1.807, 2.05) is 13.8 Å². The molecule has 0 bridgehead atoms. The molecule has 0 spiro atoms. The van der Waals surface area contributed by atoms with E-state index in [4.69, 9.17) is 15.2 Å². The fourth-order valence-corrected chi connectivity index (χ4v) is 1.89. The minimum Gasteiger partial charge on any atom is -0.468 e. The zero-order valence-corrected chi connectivity index (χ0v) is 9.13. The van der Waals surface area contributed by atoms with E-state index < -0.39 is 5.54 Å². The predicted octanol–water partition coefficient (Wildman–Crippen LogP) is 0.836. The first kappa shape index (κ1) is 11.5. The van der Waals surface area contributed by atoms with Crippen LogP contribution in [0.5, 0.6) is 0 Å². The van der Waals surface area contributed by atoms with Crippen LogP contribution in [-0.2, 0) is 14.3 Å².